The summed E-state index contributed by atoms with van der Waals surface area (Å²) in [7, 11) is -1.62. The summed E-state index contributed by atoms with van der Waals surface area (Å²) in [5, 5.41) is 15.3. The van der Waals surface area contributed by atoms with Crippen molar-refractivity contribution >= 4 is 15.9 Å². The van der Waals surface area contributed by atoms with Crippen LogP contribution in [0.1, 0.15) is 12.0 Å². The number of benzene rings is 2. The van der Waals surface area contributed by atoms with E-state index in [1.165, 1.54) is 10.4 Å². The molecule has 198 valence electrons. The summed E-state index contributed by atoms with van der Waals surface area (Å²) in [6, 6.07) is 12.2. The number of piperazine rings is 1. The minimum absolute atomic E-state index is 0.0106. The molecule has 2 aliphatic heterocycles. The first-order chi connectivity index (χ1) is 17.8. The monoisotopic (exact) mass is 529 g/mol. The quantitative estimate of drug-likeness (QED) is 0.557. The van der Waals surface area contributed by atoms with Crippen LogP contribution in [0.25, 0.3) is 11.1 Å². The maximum atomic E-state index is 15.0. The lowest BCUT2D eigenvalue weighted by atomic mass is 10.00. The number of nitrogens with one attached hydrogen (secondary N) is 2. The second-order valence-electron chi connectivity index (χ2n) is 9.35. The van der Waals surface area contributed by atoms with E-state index in [1.54, 1.807) is 36.4 Å². The fourth-order valence-corrected chi connectivity index (χ4v) is 5.81. The number of ether oxygens (including phenoxy) is 1. The molecule has 2 aromatic carbocycles. The Morgan fingerprint density at radius 2 is 1.89 bits per heavy atom. The van der Waals surface area contributed by atoms with Crippen molar-refractivity contribution < 1.29 is 22.3 Å². The first kappa shape index (κ1) is 27.2. The minimum Gasteiger partial charge on any atom is -0.367 e. The maximum absolute atomic E-state index is 15.0. The van der Waals surface area contributed by atoms with Crippen LogP contribution < -0.4 is 10.6 Å². The highest BCUT2D eigenvalue weighted by Gasteiger charge is 2.27. The van der Waals surface area contributed by atoms with Gasteiger partial charge in [-0.1, -0.05) is 24.3 Å². The van der Waals surface area contributed by atoms with Crippen LogP contribution in [0.3, 0.4) is 0 Å². The third kappa shape index (κ3) is 6.71. The summed E-state index contributed by atoms with van der Waals surface area (Å²) in [4.78, 5) is 14.8. The Morgan fingerprint density at radius 1 is 1.19 bits per heavy atom. The molecule has 9 nitrogen and oxygen atoms in total. The lowest BCUT2D eigenvalue weighted by Gasteiger charge is -2.31. The van der Waals surface area contributed by atoms with E-state index in [-0.39, 0.29) is 11.3 Å². The average molecular weight is 530 g/mol. The van der Waals surface area contributed by atoms with E-state index in [9.17, 15) is 22.9 Å². The lowest BCUT2D eigenvalue weighted by molar-refractivity contribution is -0.132. The summed E-state index contributed by atoms with van der Waals surface area (Å²) >= 11 is 0. The number of carbonyl (C=O) groups is 1. The molecule has 2 aliphatic rings. The standard InChI is InChI=1S/C26H32FN5O4S/c1-31-10-12-32(13-11-31)37(34,35)23-7-5-19(6-8-23)20-3-4-21(24(27)16-20)15-22(17-28)30-26(33)25-18-29-9-2-14-36-25/h3-8,16,22,25,29H,2,9-15,18H2,1H3,(H,30,33)/t22-,25-/m0/s1. The Labute approximate surface area is 217 Å². The van der Waals surface area contributed by atoms with Crippen LogP contribution in [0.2, 0.25) is 0 Å². The van der Waals surface area contributed by atoms with Gasteiger partial charge in [0.2, 0.25) is 10.0 Å². The molecule has 11 heteroatoms. The van der Waals surface area contributed by atoms with Crippen LogP contribution in [-0.4, -0.2) is 88.6 Å². The van der Waals surface area contributed by atoms with Gasteiger partial charge in [0.1, 0.15) is 18.0 Å². The molecule has 0 aliphatic carbocycles. The molecular formula is C26H32FN5O4S. The second kappa shape index (κ2) is 12.1. The van der Waals surface area contributed by atoms with Crippen molar-refractivity contribution in [1.29, 1.82) is 5.26 Å². The number of sulfonamides is 1. The fraction of sp³-hybridized carbons (Fsp3) is 0.462. The van der Waals surface area contributed by atoms with Gasteiger partial charge in [-0.2, -0.15) is 9.57 Å². The summed E-state index contributed by atoms with van der Waals surface area (Å²) in [6.45, 7) is 3.85. The Morgan fingerprint density at radius 3 is 2.57 bits per heavy atom. The van der Waals surface area contributed by atoms with Crippen molar-refractivity contribution in [2.45, 2.75) is 29.9 Å². The zero-order chi connectivity index (χ0) is 26.4. The maximum Gasteiger partial charge on any atom is 0.251 e. The van der Waals surface area contributed by atoms with Crippen molar-refractivity contribution in [2.24, 2.45) is 0 Å². The molecule has 1 amide bonds. The van der Waals surface area contributed by atoms with E-state index in [2.05, 4.69) is 15.5 Å². The van der Waals surface area contributed by atoms with Gasteiger partial charge in [0, 0.05) is 45.8 Å². The van der Waals surface area contributed by atoms with Gasteiger partial charge in [0.05, 0.1) is 11.0 Å². The van der Waals surface area contributed by atoms with E-state index in [1.807, 2.05) is 13.1 Å². The van der Waals surface area contributed by atoms with E-state index in [0.29, 0.717) is 56.0 Å². The summed E-state index contributed by atoms with van der Waals surface area (Å²) in [6.07, 6.45) is 0.128. The van der Waals surface area contributed by atoms with Gasteiger partial charge >= 0.3 is 0 Å². The Kier molecular flexibility index (Phi) is 8.89. The van der Waals surface area contributed by atoms with Gasteiger partial charge in [-0.05, 0) is 54.9 Å². The molecular weight excluding hydrogens is 497 g/mol. The topological polar surface area (TPSA) is 115 Å². The van der Waals surface area contributed by atoms with E-state index in [0.717, 1.165) is 13.0 Å². The van der Waals surface area contributed by atoms with Gasteiger partial charge in [-0.3, -0.25) is 4.79 Å². The SMILES string of the molecule is CN1CCN(S(=O)(=O)c2ccc(-c3ccc(C[C@@H](C#N)NC(=O)[C@@H]4CNCCCO4)c(F)c3)cc2)CC1. The van der Waals surface area contributed by atoms with Gasteiger partial charge in [0.25, 0.3) is 5.91 Å². The van der Waals surface area contributed by atoms with Crippen LogP contribution in [-0.2, 0) is 26.0 Å². The van der Waals surface area contributed by atoms with E-state index < -0.39 is 33.9 Å². The van der Waals surface area contributed by atoms with E-state index in [4.69, 9.17) is 4.74 Å². The van der Waals surface area contributed by atoms with Crippen molar-refractivity contribution in [3.05, 3.63) is 53.8 Å². The highest BCUT2D eigenvalue weighted by Crippen LogP contribution is 2.25. The molecule has 0 saturated carbocycles. The van der Waals surface area contributed by atoms with Crippen LogP contribution in [0.15, 0.2) is 47.4 Å². The summed E-state index contributed by atoms with van der Waals surface area (Å²) in [5.74, 6) is -0.905. The van der Waals surface area contributed by atoms with Crippen LogP contribution in [0, 0.1) is 17.1 Å². The molecule has 37 heavy (non-hydrogen) atoms. The zero-order valence-electron chi connectivity index (χ0n) is 20.8. The van der Waals surface area contributed by atoms with Gasteiger partial charge < -0.3 is 20.3 Å². The first-order valence-corrected chi connectivity index (χ1v) is 13.8. The van der Waals surface area contributed by atoms with Crippen molar-refractivity contribution in [2.75, 3.05) is 52.9 Å². The second-order valence-corrected chi connectivity index (χ2v) is 11.3. The molecule has 0 aromatic heterocycles. The molecule has 0 unspecified atom stereocenters. The highest BCUT2D eigenvalue weighted by atomic mass is 32.2. The molecule has 2 N–H and O–H groups in total. The number of nitrogens with zero attached hydrogens (tertiary/aromatic N) is 3. The third-order valence-corrected chi connectivity index (χ3v) is 8.59. The molecule has 2 fully saturated rings. The van der Waals surface area contributed by atoms with Crippen molar-refractivity contribution in [3.63, 3.8) is 0 Å². The number of rotatable bonds is 7. The molecule has 0 spiro atoms. The molecule has 2 aromatic rings. The molecule has 0 bridgehead atoms. The number of hydrogen-bond donors (Lipinski definition) is 2. The van der Waals surface area contributed by atoms with Crippen LogP contribution >= 0.6 is 0 Å². The minimum atomic E-state index is -3.58. The Balaban J connectivity index is 1.41. The predicted octanol–water partition coefficient (Wildman–Crippen LogP) is 1.36. The van der Waals surface area contributed by atoms with Crippen molar-refractivity contribution in [3.8, 4) is 17.2 Å². The predicted molar refractivity (Wildman–Crippen MR) is 137 cm³/mol. The highest BCUT2D eigenvalue weighted by molar-refractivity contribution is 7.89. The van der Waals surface area contributed by atoms with Gasteiger partial charge in [-0.25, -0.2) is 12.8 Å². The fourth-order valence-electron chi connectivity index (χ4n) is 4.39. The number of nitriles is 1. The Bertz CT molecular complexity index is 1230. The lowest BCUT2D eigenvalue weighted by Crippen LogP contribution is -2.46. The van der Waals surface area contributed by atoms with Gasteiger partial charge in [0.15, 0.2) is 0 Å². The van der Waals surface area contributed by atoms with E-state index >= 15 is 0 Å². The molecule has 2 atom stereocenters. The third-order valence-electron chi connectivity index (χ3n) is 6.68. The molecule has 2 saturated heterocycles. The molecule has 0 radical (unpaired) electrons. The Hall–Kier alpha value is -2.88. The first-order valence-electron chi connectivity index (χ1n) is 12.4. The number of halogens is 1. The smallest absolute Gasteiger partial charge is 0.251 e. The van der Waals surface area contributed by atoms with Crippen LogP contribution in [0.4, 0.5) is 4.39 Å². The summed E-state index contributed by atoms with van der Waals surface area (Å²) < 4.78 is 47.9. The largest absolute Gasteiger partial charge is 0.367 e. The normalized spacial score (nSPS) is 20.5. The molecule has 4 rings (SSSR count). The number of hydrogen-bond acceptors (Lipinski definition) is 7. The number of amides is 1. The molecule has 2 heterocycles. The zero-order valence-corrected chi connectivity index (χ0v) is 21.6. The van der Waals surface area contributed by atoms with Crippen molar-refractivity contribution in [1.82, 2.24) is 19.8 Å². The number of carbonyl (C=O) groups excluding carboxylic acids is 1. The van der Waals surface area contributed by atoms with Gasteiger partial charge in [-0.15, -0.1) is 0 Å². The summed E-state index contributed by atoms with van der Waals surface area (Å²) in [5.41, 5.74) is 1.55. The number of likely N-dealkylation sites (N-methyl/N-ethyl adjacent to an activating group) is 1. The van der Waals surface area contributed by atoms with Crippen LogP contribution in [0.5, 0.6) is 0 Å². The average Bonchev–Trinajstić information content (AvgIpc) is 3.19.